The van der Waals surface area contributed by atoms with Gasteiger partial charge in [0.25, 0.3) is 0 Å². The van der Waals surface area contributed by atoms with Gasteiger partial charge in [-0.1, -0.05) is 37.8 Å². The van der Waals surface area contributed by atoms with E-state index in [1.54, 1.807) is 6.20 Å². The highest BCUT2D eigenvalue weighted by Gasteiger charge is 2.16. The zero-order valence-electron chi connectivity index (χ0n) is 15.4. The summed E-state index contributed by atoms with van der Waals surface area (Å²) in [7, 11) is -1.12. The number of hydrogen-bond acceptors (Lipinski definition) is 4. The Morgan fingerprint density at radius 2 is 1.88 bits per heavy atom. The fraction of sp³-hybridized carbons (Fsp3) is 0.316. The molecule has 4 rings (SSSR count). The number of imidazole rings is 1. The Hall–Kier alpha value is -2.51. The van der Waals surface area contributed by atoms with Crippen molar-refractivity contribution in [2.75, 3.05) is 6.61 Å². The molecule has 0 bridgehead atoms. The van der Waals surface area contributed by atoms with Gasteiger partial charge in [-0.25, -0.2) is 4.98 Å². The molecule has 0 unspecified atom stereocenters. The van der Waals surface area contributed by atoms with Crippen LogP contribution in [-0.4, -0.2) is 39.0 Å². The summed E-state index contributed by atoms with van der Waals surface area (Å²) in [5, 5.41) is 5.64. The van der Waals surface area contributed by atoms with Crippen molar-refractivity contribution >= 4 is 30.0 Å². The van der Waals surface area contributed by atoms with Gasteiger partial charge in [0.2, 0.25) is 5.95 Å². The molecule has 4 aromatic rings. The maximum absolute atomic E-state index is 6.00. The third kappa shape index (κ3) is 3.27. The molecular weight excluding hydrogens is 342 g/mol. The number of aromatic nitrogens is 5. The van der Waals surface area contributed by atoms with Crippen LogP contribution in [-0.2, 0) is 11.5 Å². The fourth-order valence-corrected chi connectivity index (χ4v) is 3.67. The van der Waals surface area contributed by atoms with E-state index >= 15 is 0 Å². The lowest BCUT2D eigenvalue weighted by Crippen LogP contribution is -2.22. The Labute approximate surface area is 153 Å². The van der Waals surface area contributed by atoms with E-state index in [2.05, 4.69) is 41.9 Å². The van der Waals surface area contributed by atoms with E-state index < -0.39 is 8.07 Å². The molecule has 0 N–H and O–H groups in total. The molecule has 1 aromatic carbocycles. The molecule has 0 saturated carbocycles. The largest absolute Gasteiger partial charge is 0.361 e. The number of ether oxygens (including phenoxy) is 1. The minimum atomic E-state index is -1.12. The maximum Gasteiger partial charge on any atom is 0.234 e. The highest BCUT2D eigenvalue weighted by Crippen LogP contribution is 2.22. The van der Waals surface area contributed by atoms with E-state index in [-0.39, 0.29) is 0 Å². The number of benzene rings is 1. The van der Waals surface area contributed by atoms with Gasteiger partial charge in [-0.2, -0.15) is 9.78 Å². The lowest BCUT2D eigenvalue weighted by Gasteiger charge is -2.16. The van der Waals surface area contributed by atoms with Crippen molar-refractivity contribution in [1.82, 2.24) is 24.3 Å². The smallest absolute Gasteiger partial charge is 0.234 e. The first-order valence-corrected chi connectivity index (χ1v) is 12.5. The fourth-order valence-electron chi connectivity index (χ4n) is 2.91. The van der Waals surface area contributed by atoms with Crippen LogP contribution in [0.1, 0.15) is 0 Å². The van der Waals surface area contributed by atoms with Crippen molar-refractivity contribution < 1.29 is 4.74 Å². The molecule has 0 aliphatic carbocycles. The number of pyridine rings is 1. The second kappa shape index (κ2) is 6.66. The molecule has 134 valence electrons. The first kappa shape index (κ1) is 16.9. The van der Waals surface area contributed by atoms with Crippen molar-refractivity contribution in [2.45, 2.75) is 32.4 Å². The topological polar surface area (TPSA) is 57.8 Å². The molecule has 3 heterocycles. The van der Waals surface area contributed by atoms with E-state index in [1.165, 1.54) is 0 Å². The van der Waals surface area contributed by atoms with Crippen LogP contribution in [0.5, 0.6) is 0 Å². The Morgan fingerprint density at radius 1 is 1.04 bits per heavy atom. The minimum Gasteiger partial charge on any atom is -0.361 e. The Kier molecular flexibility index (Phi) is 4.34. The number of rotatable bonds is 6. The van der Waals surface area contributed by atoms with Gasteiger partial charge in [0, 0.05) is 26.3 Å². The monoisotopic (exact) mass is 365 g/mol. The summed E-state index contributed by atoms with van der Waals surface area (Å²) in [6, 6.07) is 11.2. The van der Waals surface area contributed by atoms with Crippen molar-refractivity contribution in [1.29, 1.82) is 0 Å². The Bertz CT molecular complexity index is 1050. The number of nitrogens with zero attached hydrogens (tertiary/aromatic N) is 5. The Morgan fingerprint density at radius 3 is 2.73 bits per heavy atom. The second-order valence-corrected chi connectivity index (χ2v) is 13.3. The molecule has 0 aliphatic rings. The van der Waals surface area contributed by atoms with Crippen LogP contribution in [0.25, 0.3) is 27.9 Å². The average molecular weight is 366 g/mol. The molecule has 0 fully saturated rings. The van der Waals surface area contributed by atoms with Gasteiger partial charge in [-0.3, -0.25) is 9.55 Å². The van der Waals surface area contributed by atoms with Crippen LogP contribution in [0, 0.1) is 0 Å². The van der Waals surface area contributed by atoms with Gasteiger partial charge < -0.3 is 4.74 Å². The third-order valence-corrected chi connectivity index (χ3v) is 6.12. The van der Waals surface area contributed by atoms with Gasteiger partial charge >= 0.3 is 0 Å². The lowest BCUT2D eigenvalue weighted by atomic mass is 10.3. The summed E-state index contributed by atoms with van der Waals surface area (Å²) in [5.41, 5.74) is 2.87. The lowest BCUT2D eigenvalue weighted by molar-refractivity contribution is 0.0895. The van der Waals surface area contributed by atoms with E-state index in [1.807, 2.05) is 39.8 Å². The zero-order chi connectivity index (χ0) is 18.1. The van der Waals surface area contributed by atoms with E-state index in [0.29, 0.717) is 6.73 Å². The van der Waals surface area contributed by atoms with Gasteiger partial charge in [0.1, 0.15) is 6.73 Å². The van der Waals surface area contributed by atoms with Crippen molar-refractivity contribution in [2.24, 2.45) is 0 Å². The molecule has 0 spiro atoms. The van der Waals surface area contributed by atoms with Crippen LogP contribution in [0.15, 0.2) is 48.9 Å². The van der Waals surface area contributed by atoms with Gasteiger partial charge in [-0.15, -0.1) is 0 Å². The maximum atomic E-state index is 6.00. The van der Waals surface area contributed by atoms with Crippen molar-refractivity contribution in [3.8, 4) is 5.95 Å². The number of hydrogen-bond donors (Lipinski definition) is 0. The van der Waals surface area contributed by atoms with Crippen LogP contribution >= 0.6 is 0 Å². The molecule has 0 aliphatic heterocycles. The molecule has 0 radical (unpaired) electrons. The van der Waals surface area contributed by atoms with Crippen molar-refractivity contribution in [3.05, 3.63) is 48.9 Å². The highest BCUT2D eigenvalue weighted by atomic mass is 28.3. The first-order chi connectivity index (χ1) is 12.5. The summed E-state index contributed by atoms with van der Waals surface area (Å²) >= 11 is 0. The Balaban J connectivity index is 1.72. The third-order valence-electron chi connectivity index (χ3n) is 4.41. The summed E-state index contributed by atoms with van der Waals surface area (Å²) in [6.07, 6.45) is 5.46. The second-order valence-electron chi connectivity index (χ2n) is 7.67. The molecule has 0 amide bonds. The summed E-state index contributed by atoms with van der Waals surface area (Å²) in [4.78, 5) is 9.04. The quantitative estimate of drug-likeness (QED) is 0.381. The van der Waals surface area contributed by atoms with E-state index in [4.69, 9.17) is 9.72 Å². The van der Waals surface area contributed by atoms with E-state index in [9.17, 15) is 0 Å². The number of fused-ring (bicyclic) bond motifs is 2. The van der Waals surface area contributed by atoms with Crippen LogP contribution in [0.2, 0.25) is 25.7 Å². The predicted octanol–water partition coefficient (Wildman–Crippen LogP) is 4.08. The van der Waals surface area contributed by atoms with Gasteiger partial charge in [-0.05, 0) is 18.2 Å². The van der Waals surface area contributed by atoms with E-state index in [0.717, 1.165) is 40.5 Å². The molecule has 3 aromatic heterocycles. The summed E-state index contributed by atoms with van der Waals surface area (Å²) in [6.45, 7) is 8.27. The first-order valence-electron chi connectivity index (χ1n) is 8.84. The SMILES string of the molecule is C[Si](C)(C)CCOCn1c(-n2ncc3ccccc32)nc2ccncc21. The summed E-state index contributed by atoms with van der Waals surface area (Å²) < 4.78 is 9.92. The molecule has 0 atom stereocenters. The molecule has 26 heavy (non-hydrogen) atoms. The normalized spacial score (nSPS) is 12.3. The standard InChI is InChI=1S/C19H23N5OSi/c1-26(2,3)11-10-25-14-23-18-13-20-9-8-16(18)22-19(23)24-17-7-5-4-6-15(17)12-21-24/h4-9,12-13H,10-11,14H2,1-3H3. The molecule has 0 saturated heterocycles. The zero-order valence-corrected chi connectivity index (χ0v) is 16.4. The molecule has 7 heteroatoms. The average Bonchev–Trinajstić information content (AvgIpc) is 3.19. The van der Waals surface area contributed by atoms with Crippen LogP contribution in [0.4, 0.5) is 0 Å². The van der Waals surface area contributed by atoms with Gasteiger partial charge in [0.05, 0.1) is 28.9 Å². The predicted molar refractivity (Wildman–Crippen MR) is 106 cm³/mol. The number of para-hydroxylation sites is 1. The molecule has 6 nitrogen and oxygen atoms in total. The van der Waals surface area contributed by atoms with Crippen molar-refractivity contribution in [3.63, 3.8) is 0 Å². The highest BCUT2D eigenvalue weighted by molar-refractivity contribution is 6.76. The van der Waals surface area contributed by atoms with Crippen LogP contribution in [0.3, 0.4) is 0 Å². The minimum absolute atomic E-state index is 0.441. The van der Waals surface area contributed by atoms with Crippen LogP contribution < -0.4 is 0 Å². The van der Waals surface area contributed by atoms with Gasteiger partial charge in [0.15, 0.2) is 0 Å². The molecular formula is C19H23N5OSi. The summed E-state index contributed by atoms with van der Waals surface area (Å²) in [5.74, 6) is 0.752.